The normalized spacial score (nSPS) is 13.3. The molecule has 1 aliphatic rings. The smallest absolute Gasteiger partial charge is 0.323 e. The van der Waals surface area contributed by atoms with Crippen LogP contribution in [0, 0.1) is 0 Å². The average Bonchev–Trinajstić information content (AvgIpc) is 3.22. The average molecular weight is 401 g/mol. The number of nitrogens with one attached hydrogen (secondary N) is 1. The number of rotatable bonds is 3. The lowest BCUT2D eigenvalue weighted by Gasteiger charge is -2.32. The molecule has 6 heteroatoms. The first-order valence-electron chi connectivity index (χ1n) is 9.47. The number of fused-ring (bicyclic) bond motifs is 2. The standard InChI is InChI=1S/C23H20N4OS/c24-23(28)27(18-7-6-16-10-11-25-20(16)14-18)19-8-9-22-21(15-19)26(12-13-29-22)17-4-2-1-3-5-17/h1-11,14-15,25H,12-13H2,(H2,24,28). The molecular formula is C23H20N4OS. The fourth-order valence-corrected chi connectivity index (χ4v) is 4.77. The number of aromatic amines is 1. The maximum Gasteiger partial charge on any atom is 0.323 e. The van der Waals surface area contributed by atoms with E-state index in [2.05, 4.69) is 34.1 Å². The fourth-order valence-electron chi connectivity index (χ4n) is 3.80. The van der Waals surface area contributed by atoms with Gasteiger partial charge in [0, 0.05) is 34.6 Å². The van der Waals surface area contributed by atoms with Gasteiger partial charge in [-0.1, -0.05) is 24.3 Å². The predicted octanol–water partition coefficient (Wildman–Crippen LogP) is 5.63. The number of benzene rings is 3. The highest BCUT2D eigenvalue weighted by Gasteiger charge is 2.22. The number of amides is 2. The summed E-state index contributed by atoms with van der Waals surface area (Å²) in [5.41, 5.74) is 10.5. The van der Waals surface area contributed by atoms with E-state index in [-0.39, 0.29) is 0 Å². The van der Waals surface area contributed by atoms with E-state index < -0.39 is 6.03 Å². The van der Waals surface area contributed by atoms with Crippen molar-refractivity contribution < 1.29 is 4.79 Å². The van der Waals surface area contributed by atoms with E-state index in [0.29, 0.717) is 0 Å². The number of H-pyrrole nitrogens is 1. The first-order chi connectivity index (χ1) is 14.2. The molecule has 2 heterocycles. The van der Waals surface area contributed by atoms with Crippen LogP contribution < -0.4 is 15.5 Å². The lowest BCUT2D eigenvalue weighted by Crippen LogP contribution is -2.32. The zero-order valence-electron chi connectivity index (χ0n) is 15.7. The molecule has 0 saturated carbocycles. The highest BCUT2D eigenvalue weighted by atomic mass is 32.2. The van der Waals surface area contributed by atoms with Crippen LogP contribution >= 0.6 is 11.8 Å². The van der Waals surface area contributed by atoms with Crippen molar-refractivity contribution >= 4 is 51.4 Å². The third-order valence-electron chi connectivity index (χ3n) is 5.15. The highest BCUT2D eigenvalue weighted by molar-refractivity contribution is 7.99. The van der Waals surface area contributed by atoms with Gasteiger partial charge in [0.05, 0.1) is 17.1 Å². The van der Waals surface area contributed by atoms with E-state index in [9.17, 15) is 4.79 Å². The van der Waals surface area contributed by atoms with Gasteiger partial charge < -0.3 is 15.6 Å². The Morgan fingerprint density at radius 2 is 1.79 bits per heavy atom. The number of aromatic nitrogens is 1. The molecule has 0 unspecified atom stereocenters. The number of thioether (sulfide) groups is 1. The van der Waals surface area contributed by atoms with Gasteiger partial charge in [-0.3, -0.25) is 4.90 Å². The van der Waals surface area contributed by atoms with E-state index in [1.54, 1.807) is 4.90 Å². The Labute approximate surface area is 173 Å². The predicted molar refractivity (Wildman–Crippen MR) is 121 cm³/mol. The summed E-state index contributed by atoms with van der Waals surface area (Å²) < 4.78 is 0. The van der Waals surface area contributed by atoms with Crippen molar-refractivity contribution in [3.05, 3.63) is 79.0 Å². The number of carbonyl (C=O) groups excluding carboxylic acids is 1. The van der Waals surface area contributed by atoms with Crippen LogP contribution in [0.4, 0.5) is 27.5 Å². The number of hydrogen-bond donors (Lipinski definition) is 2. The molecular weight excluding hydrogens is 380 g/mol. The molecule has 0 fully saturated rings. The summed E-state index contributed by atoms with van der Waals surface area (Å²) in [5, 5.41) is 1.09. The Hall–Kier alpha value is -3.38. The van der Waals surface area contributed by atoms with Crippen molar-refractivity contribution in [2.75, 3.05) is 22.1 Å². The Balaban J connectivity index is 1.60. The Morgan fingerprint density at radius 3 is 2.62 bits per heavy atom. The first kappa shape index (κ1) is 17.7. The fraction of sp³-hybridized carbons (Fsp3) is 0.0870. The Bertz CT molecular complexity index is 1190. The molecule has 144 valence electrons. The third-order valence-corrected chi connectivity index (χ3v) is 6.19. The summed E-state index contributed by atoms with van der Waals surface area (Å²) in [7, 11) is 0. The summed E-state index contributed by atoms with van der Waals surface area (Å²) in [5.74, 6) is 1.02. The van der Waals surface area contributed by atoms with Crippen LogP contribution in [0.15, 0.2) is 83.9 Å². The minimum atomic E-state index is -0.509. The van der Waals surface area contributed by atoms with Crippen LogP contribution in [-0.4, -0.2) is 23.3 Å². The molecule has 5 rings (SSSR count). The molecule has 0 radical (unpaired) electrons. The number of nitrogens with zero attached hydrogens (tertiary/aromatic N) is 2. The second-order valence-corrected chi connectivity index (χ2v) is 8.05. The Morgan fingerprint density at radius 1 is 1.00 bits per heavy atom. The van der Waals surface area contributed by atoms with Crippen LogP contribution in [0.25, 0.3) is 10.9 Å². The largest absolute Gasteiger partial charge is 0.361 e. The summed E-state index contributed by atoms with van der Waals surface area (Å²) in [6.45, 7) is 0.913. The lowest BCUT2D eigenvalue weighted by molar-refractivity contribution is 0.256. The summed E-state index contributed by atoms with van der Waals surface area (Å²) in [4.78, 5) is 20.7. The summed E-state index contributed by atoms with van der Waals surface area (Å²) >= 11 is 1.83. The van der Waals surface area contributed by atoms with Gasteiger partial charge in [0.2, 0.25) is 0 Å². The molecule has 0 bridgehead atoms. The van der Waals surface area contributed by atoms with Gasteiger partial charge >= 0.3 is 6.03 Å². The molecule has 1 aromatic heterocycles. The van der Waals surface area contributed by atoms with E-state index in [1.807, 2.05) is 66.5 Å². The molecule has 3 aromatic carbocycles. The van der Waals surface area contributed by atoms with Crippen molar-refractivity contribution in [2.24, 2.45) is 5.73 Å². The lowest BCUT2D eigenvalue weighted by atomic mass is 10.1. The maximum absolute atomic E-state index is 12.4. The topological polar surface area (TPSA) is 65.4 Å². The van der Waals surface area contributed by atoms with Gasteiger partial charge in [-0.15, -0.1) is 11.8 Å². The van der Waals surface area contributed by atoms with Gasteiger partial charge in [-0.05, 0) is 53.9 Å². The molecule has 4 aromatic rings. The van der Waals surface area contributed by atoms with Crippen molar-refractivity contribution in [1.82, 2.24) is 4.98 Å². The summed E-state index contributed by atoms with van der Waals surface area (Å²) in [6.07, 6.45) is 1.89. The maximum atomic E-state index is 12.4. The van der Waals surface area contributed by atoms with Gasteiger partial charge in [-0.2, -0.15) is 0 Å². The molecule has 0 spiro atoms. The van der Waals surface area contributed by atoms with Crippen molar-refractivity contribution in [1.29, 1.82) is 0 Å². The van der Waals surface area contributed by atoms with Crippen molar-refractivity contribution in [3.8, 4) is 0 Å². The highest BCUT2D eigenvalue weighted by Crippen LogP contribution is 2.42. The minimum absolute atomic E-state index is 0.509. The van der Waals surface area contributed by atoms with Crippen LogP contribution in [-0.2, 0) is 0 Å². The van der Waals surface area contributed by atoms with E-state index >= 15 is 0 Å². The number of urea groups is 1. The number of primary amides is 1. The third kappa shape index (κ3) is 3.21. The number of anilines is 4. The van der Waals surface area contributed by atoms with Crippen molar-refractivity contribution in [2.45, 2.75) is 4.90 Å². The van der Waals surface area contributed by atoms with Crippen molar-refractivity contribution in [3.63, 3.8) is 0 Å². The summed E-state index contributed by atoms with van der Waals surface area (Å²) in [6, 6.07) is 23.8. The van der Waals surface area contributed by atoms with Crippen LogP contribution in [0.1, 0.15) is 0 Å². The van der Waals surface area contributed by atoms with Gasteiger partial charge in [0.25, 0.3) is 0 Å². The number of carbonyl (C=O) groups is 1. The van der Waals surface area contributed by atoms with Gasteiger partial charge in [-0.25, -0.2) is 4.79 Å². The first-order valence-corrected chi connectivity index (χ1v) is 10.5. The molecule has 0 saturated heterocycles. The molecule has 2 amide bonds. The molecule has 0 atom stereocenters. The Kier molecular flexibility index (Phi) is 4.41. The molecule has 5 nitrogen and oxygen atoms in total. The molecule has 3 N–H and O–H groups in total. The molecule has 0 aliphatic carbocycles. The van der Waals surface area contributed by atoms with Gasteiger partial charge in [0.15, 0.2) is 0 Å². The van der Waals surface area contributed by atoms with E-state index in [0.717, 1.165) is 46.0 Å². The second kappa shape index (κ2) is 7.22. The monoisotopic (exact) mass is 400 g/mol. The van der Waals surface area contributed by atoms with Crippen LogP contribution in [0.3, 0.4) is 0 Å². The SMILES string of the molecule is NC(=O)N(c1ccc2c(c1)N(c1ccccc1)CCS2)c1ccc2cc[nH]c2c1. The molecule has 29 heavy (non-hydrogen) atoms. The van der Waals surface area contributed by atoms with Crippen LogP contribution in [0.5, 0.6) is 0 Å². The quantitative estimate of drug-likeness (QED) is 0.468. The van der Waals surface area contributed by atoms with E-state index in [1.165, 1.54) is 4.90 Å². The van der Waals surface area contributed by atoms with Crippen LogP contribution in [0.2, 0.25) is 0 Å². The van der Waals surface area contributed by atoms with Gasteiger partial charge in [0.1, 0.15) is 0 Å². The number of nitrogens with two attached hydrogens (primary N) is 1. The number of hydrogen-bond acceptors (Lipinski definition) is 3. The zero-order valence-corrected chi connectivity index (χ0v) is 16.5. The minimum Gasteiger partial charge on any atom is -0.361 e. The second-order valence-electron chi connectivity index (χ2n) is 6.91. The van der Waals surface area contributed by atoms with E-state index in [4.69, 9.17) is 5.73 Å². The zero-order chi connectivity index (χ0) is 19.8. The number of para-hydroxylation sites is 1. The molecule has 1 aliphatic heterocycles.